The summed E-state index contributed by atoms with van der Waals surface area (Å²) < 4.78 is 8.11. The summed E-state index contributed by atoms with van der Waals surface area (Å²) in [5.41, 5.74) is 3.55. The maximum absolute atomic E-state index is 6.01. The van der Waals surface area contributed by atoms with E-state index in [9.17, 15) is 0 Å². The molecule has 0 unspecified atom stereocenters. The molecule has 0 aliphatic heterocycles. The number of nitrogens with zero attached hydrogens (tertiary/aromatic N) is 2. The molecule has 0 bridgehead atoms. The summed E-state index contributed by atoms with van der Waals surface area (Å²) in [6.45, 7) is 10.8. The van der Waals surface area contributed by atoms with Gasteiger partial charge in [-0.05, 0) is 19.9 Å². The number of rotatable bonds is 7. The lowest BCUT2D eigenvalue weighted by molar-refractivity contribution is 0.291. The molecule has 0 amide bonds. The van der Waals surface area contributed by atoms with E-state index in [1.165, 1.54) is 11.1 Å². The van der Waals surface area contributed by atoms with Gasteiger partial charge in [-0.2, -0.15) is 0 Å². The van der Waals surface area contributed by atoms with Crippen molar-refractivity contribution in [3.63, 3.8) is 0 Å². The minimum Gasteiger partial charge on any atom is -0.487 e. The molecule has 1 aromatic heterocycles. The molecule has 1 heterocycles. The third kappa shape index (κ3) is 4.33. The first-order chi connectivity index (χ1) is 10.1. The van der Waals surface area contributed by atoms with E-state index in [0.717, 1.165) is 24.5 Å². The molecule has 0 saturated carbocycles. The predicted octanol–water partition coefficient (Wildman–Crippen LogP) is 3.29. The summed E-state index contributed by atoms with van der Waals surface area (Å²) in [7, 11) is 0. The second-order valence-electron chi connectivity index (χ2n) is 5.61. The van der Waals surface area contributed by atoms with E-state index < -0.39 is 0 Å². The van der Waals surface area contributed by atoms with Gasteiger partial charge < -0.3 is 14.6 Å². The van der Waals surface area contributed by atoms with E-state index in [-0.39, 0.29) is 0 Å². The highest BCUT2D eigenvalue weighted by molar-refractivity contribution is 5.37. The minimum absolute atomic E-state index is 0.458. The van der Waals surface area contributed by atoms with Crippen LogP contribution in [-0.2, 0) is 19.7 Å². The molecule has 0 aliphatic rings. The highest BCUT2D eigenvalue weighted by atomic mass is 16.5. The van der Waals surface area contributed by atoms with Crippen LogP contribution in [-0.4, -0.2) is 15.6 Å². The van der Waals surface area contributed by atoms with Gasteiger partial charge in [-0.15, -0.1) is 0 Å². The normalized spacial score (nSPS) is 11.1. The fourth-order valence-corrected chi connectivity index (χ4v) is 2.21. The molecule has 0 radical (unpaired) electrons. The van der Waals surface area contributed by atoms with Gasteiger partial charge in [0.1, 0.15) is 12.4 Å². The SMILES string of the molecule is CCn1cncc1COc1ccc(C)cc1CNC(C)C. The third-order valence-corrected chi connectivity index (χ3v) is 3.43. The van der Waals surface area contributed by atoms with Crippen LogP contribution in [0.2, 0.25) is 0 Å². The molecule has 2 aromatic rings. The van der Waals surface area contributed by atoms with E-state index in [1.54, 1.807) is 0 Å². The summed E-state index contributed by atoms with van der Waals surface area (Å²) in [4.78, 5) is 4.17. The Morgan fingerprint density at radius 1 is 1.33 bits per heavy atom. The number of imidazole rings is 1. The monoisotopic (exact) mass is 287 g/mol. The summed E-state index contributed by atoms with van der Waals surface area (Å²) in [5, 5.41) is 3.45. The van der Waals surface area contributed by atoms with Crippen molar-refractivity contribution in [2.45, 2.75) is 53.4 Å². The zero-order valence-electron chi connectivity index (χ0n) is 13.4. The number of hydrogen-bond donors (Lipinski definition) is 1. The topological polar surface area (TPSA) is 39.1 Å². The second kappa shape index (κ2) is 7.27. The minimum atomic E-state index is 0.458. The van der Waals surface area contributed by atoms with Crippen LogP contribution in [0.4, 0.5) is 0 Å². The second-order valence-corrected chi connectivity index (χ2v) is 5.61. The molecule has 0 atom stereocenters. The summed E-state index contributed by atoms with van der Waals surface area (Å²) >= 11 is 0. The molecule has 0 saturated heterocycles. The van der Waals surface area contributed by atoms with Gasteiger partial charge in [0.25, 0.3) is 0 Å². The van der Waals surface area contributed by atoms with Crippen LogP contribution < -0.4 is 10.1 Å². The number of benzene rings is 1. The molecular formula is C17H25N3O. The average Bonchev–Trinajstić information content (AvgIpc) is 2.91. The summed E-state index contributed by atoms with van der Waals surface area (Å²) in [6.07, 6.45) is 3.71. The summed E-state index contributed by atoms with van der Waals surface area (Å²) in [6, 6.07) is 6.78. The molecule has 21 heavy (non-hydrogen) atoms. The molecule has 1 aromatic carbocycles. The molecule has 114 valence electrons. The van der Waals surface area contributed by atoms with Crippen LogP contribution in [0.15, 0.2) is 30.7 Å². The van der Waals surface area contributed by atoms with Crippen molar-refractivity contribution in [1.82, 2.24) is 14.9 Å². The number of aryl methyl sites for hydroxylation is 2. The van der Waals surface area contributed by atoms with Crippen LogP contribution in [0.1, 0.15) is 37.6 Å². The number of nitrogens with one attached hydrogen (secondary N) is 1. The maximum Gasteiger partial charge on any atom is 0.130 e. The zero-order chi connectivity index (χ0) is 15.2. The largest absolute Gasteiger partial charge is 0.487 e. The van der Waals surface area contributed by atoms with Crippen molar-refractivity contribution in [1.29, 1.82) is 0 Å². The van der Waals surface area contributed by atoms with Crippen molar-refractivity contribution < 1.29 is 4.74 Å². The molecule has 0 fully saturated rings. The van der Waals surface area contributed by atoms with Crippen LogP contribution in [0, 0.1) is 6.92 Å². The zero-order valence-corrected chi connectivity index (χ0v) is 13.4. The Morgan fingerprint density at radius 2 is 2.14 bits per heavy atom. The Hall–Kier alpha value is -1.81. The quantitative estimate of drug-likeness (QED) is 0.849. The lowest BCUT2D eigenvalue weighted by Crippen LogP contribution is -2.22. The number of ether oxygens (including phenoxy) is 1. The van der Waals surface area contributed by atoms with Crippen molar-refractivity contribution >= 4 is 0 Å². The Bertz CT molecular complexity index is 575. The molecule has 0 aliphatic carbocycles. The average molecular weight is 287 g/mol. The number of aromatic nitrogens is 2. The fraction of sp³-hybridized carbons (Fsp3) is 0.471. The van der Waals surface area contributed by atoms with Gasteiger partial charge in [0.15, 0.2) is 0 Å². The van der Waals surface area contributed by atoms with Gasteiger partial charge >= 0.3 is 0 Å². The van der Waals surface area contributed by atoms with Crippen LogP contribution in [0.25, 0.3) is 0 Å². The maximum atomic E-state index is 6.01. The lowest BCUT2D eigenvalue weighted by Gasteiger charge is -2.15. The lowest BCUT2D eigenvalue weighted by atomic mass is 10.1. The van der Waals surface area contributed by atoms with E-state index in [4.69, 9.17) is 4.74 Å². The van der Waals surface area contributed by atoms with Crippen molar-refractivity contribution in [3.05, 3.63) is 47.5 Å². The Kier molecular flexibility index (Phi) is 5.39. The first kappa shape index (κ1) is 15.6. The van der Waals surface area contributed by atoms with Crippen LogP contribution >= 0.6 is 0 Å². The van der Waals surface area contributed by atoms with Crippen molar-refractivity contribution in [2.24, 2.45) is 0 Å². The van der Waals surface area contributed by atoms with Gasteiger partial charge in [-0.1, -0.05) is 31.5 Å². The summed E-state index contributed by atoms with van der Waals surface area (Å²) in [5.74, 6) is 0.942. The van der Waals surface area contributed by atoms with Gasteiger partial charge in [0, 0.05) is 24.7 Å². The van der Waals surface area contributed by atoms with Gasteiger partial charge in [-0.25, -0.2) is 4.98 Å². The van der Waals surface area contributed by atoms with E-state index in [0.29, 0.717) is 12.6 Å². The highest BCUT2D eigenvalue weighted by Gasteiger charge is 2.07. The Balaban J connectivity index is 2.08. The van der Waals surface area contributed by atoms with E-state index in [1.807, 2.05) is 12.5 Å². The van der Waals surface area contributed by atoms with Crippen LogP contribution in [0.5, 0.6) is 5.75 Å². The Labute approximate surface area is 127 Å². The van der Waals surface area contributed by atoms with Crippen molar-refractivity contribution in [3.8, 4) is 5.75 Å². The van der Waals surface area contributed by atoms with Gasteiger partial charge in [0.2, 0.25) is 0 Å². The van der Waals surface area contributed by atoms with Crippen molar-refractivity contribution in [2.75, 3.05) is 0 Å². The molecule has 2 rings (SSSR count). The molecular weight excluding hydrogens is 262 g/mol. The van der Waals surface area contributed by atoms with E-state index >= 15 is 0 Å². The molecule has 0 spiro atoms. The van der Waals surface area contributed by atoms with Gasteiger partial charge in [0.05, 0.1) is 18.2 Å². The highest BCUT2D eigenvalue weighted by Crippen LogP contribution is 2.21. The third-order valence-electron chi connectivity index (χ3n) is 3.43. The van der Waals surface area contributed by atoms with Gasteiger partial charge in [-0.3, -0.25) is 0 Å². The van der Waals surface area contributed by atoms with Crippen LogP contribution in [0.3, 0.4) is 0 Å². The predicted molar refractivity (Wildman–Crippen MR) is 85.4 cm³/mol. The fourth-order valence-electron chi connectivity index (χ4n) is 2.21. The molecule has 4 heteroatoms. The smallest absolute Gasteiger partial charge is 0.130 e. The molecule has 4 nitrogen and oxygen atoms in total. The molecule has 1 N–H and O–H groups in total. The first-order valence-corrected chi connectivity index (χ1v) is 7.55. The first-order valence-electron chi connectivity index (χ1n) is 7.55. The standard InChI is InChI=1S/C17H25N3O/c1-5-20-12-18-10-16(20)11-21-17-7-6-14(4)8-15(17)9-19-13(2)3/h6-8,10,12-13,19H,5,9,11H2,1-4H3. The van der Waals surface area contributed by atoms with E-state index in [2.05, 4.69) is 60.8 Å². The number of hydrogen-bond acceptors (Lipinski definition) is 3. The Morgan fingerprint density at radius 3 is 2.86 bits per heavy atom.